The Bertz CT molecular complexity index is 500. The topological polar surface area (TPSA) is 54.4 Å². The predicted molar refractivity (Wildman–Crippen MR) is 93.9 cm³/mol. The van der Waals surface area contributed by atoms with Crippen LogP contribution in [0.4, 0.5) is 0 Å². The summed E-state index contributed by atoms with van der Waals surface area (Å²) in [5.41, 5.74) is 1.43. The Morgan fingerprint density at radius 2 is 1.57 bits per heavy atom. The number of carbonyl (C=O) groups excluding carboxylic acids is 1. The third kappa shape index (κ3) is 7.96. The van der Waals surface area contributed by atoms with Crippen molar-refractivity contribution < 1.29 is 14.7 Å². The van der Waals surface area contributed by atoms with Crippen LogP contribution in [0.3, 0.4) is 0 Å². The van der Waals surface area contributed by atoms with Gasteiger partial charge in [-0.1, -0.05) is 70.7 Å². The number of carboxylic acids is 1. The number of carboxylic acid groups (broad SMARTS) is 1. The fourth-order valence-electron chi connectivity index (χ4n) is 2.80. The molecule has 0 aliphatic carbocycles. The zero-order valence-electron chi connectivity index (χ0n) is 14.7. The van der Waals surface area contributed by atoms with E-state index in [9.17, 15) is 9.59 Å². The van der Waals surface area contributed by atoms with E-state index in [1.807, 2.05) is 38.1 Å². The van der Waals surface area contributed by atoms with Crippen LogP contribution in [0.5, 0.6) is 0 Å². The lowest BCUT2D eigenvalue weighted by atomic mass is 9.82. The fraction of sp³-hybridized carbons (Fsp3) is 0.600. The first-order chi connectivity index (χ1) is 10.8. The first-order valence-corrected chi connectivity index (χ1v) is 8.68. The van der Waals surface area contributed by atoms with E-state index in [1.54, 1.807) is 0 Å². The lowest BCUT2D eigenvalue weighted by Crippen LogP contribution is -2.21. The maximum absolute atomic E-state index is 12.3. The van der Waals surface area contributed by atoms with Crippen LogP contribution >= 0.6 is 0 Å². The quantitative estimate of drug-likeness (QED) is 0.446. The van der Waals surface area contributed by atoms with E-state index in [0.717, 1.165) is 6.42 Å². The number of ketones is 1. The van der Waals surface area contributed by atoms with E-state index in [1.165, 1.54) is 37.7 Å². The van der Waals surface area contributed by atoms with Gasteiger partial charge in [0.05, 0.1) is 6.42 Å². The minimum absolute atomic E-state index is 0.00852. The van der Waals surface area contributed by atoms with Gasteiger partial charge in [0.1, 0.15) is 0 Å². The Hall–Kier alpha value is -1.64. The molecule has 1 N–H and O–H groups in total. The summed E-state index contributed by atoms with van der Waals surface area (Å²) in [5, 5.41) is 8.89. The van der Waals surface area contributed by atoms with Crippen molar-refractivity contribution in [3.8, 4) is 0 Å². The number of carbonyl (C=O) groups is 2. The van der Waals surface area contributed by atoms with Crippen molar-refractivity contribution >= 4 is 11.8 Å². The maximum Gasteiger partial charge on any atom is 0.303 e. The van der Waals surface area contributed by atoms with Gasteiger partial charge in [-0.25, -0.2) is 0 Å². The lowest BCUT2D eigenvalue weighted by Gasteiger charge is -2.21. The molecule has 0 radical (unpaired) electrons. The second kappa shape index (κ2) is 9.49. The average Bonchev–Trinajstić information content (AvgIpc) is 2.45. The van der Waals surface area contributed by atoms with Crippen molar-refractivity contribution in [1.29, 1.82) is 0 Å². The average molecular weight is 318 g/mol. The number of aliphatic carboxylic acids is 1. The summed E-state index contributed by atoms with van der Waals surface area (Å²) < 4.78 is 0. The number of benzene rings is 1. The SMILES string of the molecule is CCCCCCCc1ccc(C(=O)CC(C)(C)CC(=O)O)cc1. The van der Waals surface area contributed by atoms with Crippen LogP contribution in [0.15, 0.2) is 24.3 Å². The van der Waals surface area contributed by atoms with Crippen molar-refractivity contribution in [1.82, 2.24) is 0 Å². The largest absolute Gasteiger partial charge is 0.481 e. The summed E-state index contributed by atoms with van der Waals surface area (Å²) in [5.74, 6) is -0.841. The van der Waals surface area contributed by atoms with Crippen molar-refractivity contribution in [2.75, 3.05) is 0 Å². The Morgan fingerprint density at radius 1 is 0.957 bits per heavy atom. The van der Waals surface area contributed by atoms with Crippen LogP contribution < -0.4 is 0 Å². The van der Waals surface area contributed by atoms with Crippen LogP contribution in [-0.2, 0) is 11.2 Å². The minimum Gasteiger partial charge on any atom is -0.481 e. The van der Waals surface area contributed by atoms with Gasteiger partial charge in [0.25, 0.3) is 0 Å². The predicted octanol–water partition coefficient (Wildman–Crippen LogP) is 5.27. The normalized spacial score (nSPS) is 11.4. The highest BCUT2D eigenvalue weighted by molar-refractivity contribution is 5.96. The van der Waals surface area contributed by atoms with E-state index >= 15 is 0 Å². The fourth-order valence-corrected chi connectivity index (χ4v) is 2.80. The van der Waals surface area contributed by atoms with Gasteiger partial charge >= 0.3 is 5.97 Å². The third-order valence-electron chi connectivity index (χ3n) is 4.11. The molecule has 1 rings (SSSR count). The molecule has 3 nitrogen and oxygen atoms in total. The Balaban J connectivity index is 2.49. The Morgan fingerprint density at radius 3 is 2.13 bits per heavy atom. The van der Waals surface area contributed by atoms with Crippen LogP contribution in [0.25, 0.3) is 0 Å². The van der Waals surface area contributed by atoms with E-state index < -0.39 is 11.4 Å². The molecule has 0 saturated heterocycles. The van der Waals surface area contributed by atoms with Crippen molar-refractivity contribution in [3.05, 3.63) is 35.4 Å². The van der Waals surface area contributed by atoms with Crippen molar-refractivity contribution in [2.45, 2.75) is 72.1 Å². The molecule has 1 aromatic rings. The van der Waals surface area contributed by atoms with E-state index in [4.69, 9.17) is 5.11 Å². The minimum atomic E-state index is -0.860. The molecule has 0 spiro atoms. The highest BCUT2D eigenvalue weighted by Gasteiger charge is 2.25. The first kappa shape index (κ1) is 19.4. The molecule has 3 heteroatoms. The summed E-state index contributed by atoms with van der Waals surface area (Å²) in [6.45, 7) is 5.86. The molecular weight excluding hydrogens is 288 g/mol. The molecular formula is C20H30O3. The molecule has 128 valence electrons. The number of unbranched alkanes of at least 4 members (excludes halogenated alkanes) is 4. The van der Waals surface area contributed by atoms with Gasteiger partial charge < -0.3 is 5.11 Å². The van der Waals surface area contributed by atoms with Gasteiger partial charge in [0.15, 0.2) is 5.78 Å². The molecule has 0 aliphatic heterocycles. The van der Waals surface area contributed by atoms with Gasteiger partial charge in [-0.2, -0.15) is 0 Å². The maximum atomic E-state index is 12.3. The summed E-state index contributed by atoms with van der Waals surface area (Å²) in [6.07, 6.45) is 7.64. The van der Waals surface area contributed by atoms with Gasteiger partial charge in [-0.15, -0.1) is 0 Å². The van der Waals surface area contributed by atoms with Gasteiger partial charge in [0.2, 0.25) is 0 Å². The molecule has 0 unspecified atom stereocenters. The highest BCUT2D eigenvalue weighted by atomic mass is 16.4. The monoisotopic (exact) mass is 318 g/mol. The molecule has 0 atom stereocenters. The molecule has 0 heterocycles. The summed E-state index contributed by atoms with van der Waals surface area (Å²) in [4.78, 5) is 23.1. The van der Waals surface area contributed by atoms with E-state index in [2.05, 4.69) is 6.92 Å². The zero-order chi connectivity index (χ0) is 17.3. The summed E-state index contributed by atoms with van der Waals surface area (Å²) in [6, 6.07) is 7.80. The first-order valence-electron chi connectivity index (χ1n) is 8.68. The molecule has 0 amide bonds. The second-order valence-electron chi connectivity index (χ2n) is 7.20. The number of Topliss-reactive ketones (excluding diaryl/α,β-unsaturated/α-hetero) is 1. The number of hydrogen-bond donors (Lipinski definition) is 1. The van der Waals surface area contributed by atoms with Crippen molar-refractivity contribution in [2.24, 2.45) is 5.41 Å². The molecule has 0 aliphatic rings. The molecule has 0 aromatic heterocycles. The van der Waals surface area contributed by atoms with E-state index in [-0.39, 0.29) is 18.6 Å². The van der Waals surface area contributed by atoms with Crippen LogP contribution in [-0.4, -0.2) is 16.9 Å². The number of aryl methyl sites for hydroxylation is 1. The van der Waals surface area contributed by atoms with Crippen molar-refractivity contribution in [3.63, 3.8) is 0 Å². The smallest absolute Gasteiger partial charge is 0.303 e. The van der Waals surface area contributed by atoms with E-state index in [0.29, 0.717) is 5.56 Å². The molecule has 0 saturated carbocycles. The third-order valence-corrected chi connectivity index (χ3v) is 4.11. The van der Waals surface area contributed by atoms with Gasteiger partial charge in [-0.3, -0.25) is 9.59 Å². The molecule has 1 aromatic carbocycles. The zero-order valence-corrected chi connectivity index (χ0v) is 14.7. The second-order valence-corrected chi connectivity index (χ2v) is 7.20. The number of rotatable bonds is 11. The number of hydrogen-bond acceptors (Lipinski definition) is 2. The highest BCUT2D eigenvalue weighted by Crippen LogP contribution is 2.27. The molecule has 0 fully saturated rings. The Kier molecular flexibility index (Phi) is 8.01. The standard InChI is InChI=1S/C20H30O3/c1-4-5-6-7-8-9-16-10-12-17(13-11-16)18(21)14-20(2,3)15-19(22)23/h10-13H,4-9,14-15H2,1-3H3,(H,22,23). The lowest BCUT2D eigenvalue weighted by molar-refractivity contribution is -0.139. The Labute approximate surface area is 140 Å². The summed E-state index contributed by atoms with van der Waals surface area (Å²) >= 11 is 0. The van der Waals surface area contributed by atoms with Crippen LogP contribution in [0, 0.1) is 5.41 Å². The van der Waals surface area contributed by atoms with Crippen LogP contribution in [0.2, 0.25) is 0 Å². The van der Waals surface area contributed by atoms with Gasteiger partial charge in [-0.05, 0) is 23.8 Å². The molecule has 23 heavy (non-hydrogen) atoms. The summed E-state index contributed by atoms with van der Waals surface area (Å²) in [7, 11) is 0. The molecule has 0 bridgehead atoms. The van der Waals surface area contributed by atoms with Crippen LogP contribution in [0.1, 0.15) is 81.6 Å². The van der Waals surface area contributed by atoms with Gasteiger partial charge in [0, 0.05) is 12.0 Å².